The fourth-order valence-electron chi connectivity index (χ4n) is 2.33. The molecule has 1 atom stereocenters. The zero-order valence-corrected chi connectivity index (χ0v) is 10.6. The summed E-state index contributed by atoms with van der Waals surface area (Å²) in [7, 11) is 1.40. The Balaban J connectivity index is 2.00. The average Bonchev–Trinajstić information content (AvgIpc) is 2.91. The monoisotopic (exact) mass is 258 g/mol. The molecule has 0 aliphatic carbocycles. The molecule has 3 rings (SSSR count). The van der Waals surface area contributed by atoms with Crippen LogP contribution in [0.3, 0.4) is 0 Å². The van der Waals surface area contributed by atoms with Crippen molar-refractivity contribution in [1.29, 1.82) is 0 Å². The first-order chi connectivity index (χ1) is 9.29. The van der Waals surface area contributed by atoms with E-state index in [1.165, 1.54) is 7.11 Å². The minimum absolute atomic E-state index is 0.244. The molecule has 0 aromatic carbocycles. The van der Waals surface area contributed by atoms with Crippen molar-refractivity contribution in [2.75, 3.05) is 7.11 Å². The van der Waals surface area contributed by atoms with Crippen molar-refractivity contribution in [3.05, 3.63) is 30.4 Å². The van der Waals surface area contributed by atoms with Crippen LogP contribution in [0, 0.1) is 0 Å². The number of pyridine rings is 1. The van der Waals surface area contributed by atoms with Crippen molar-refractivity contribution in [2.24, 2.45) is 0 Å². The van der Waals surface area contributed by atoms with Crippen molar-refractivity contribution in [1.82, 2.24) is 19.7 Å². The molecule has 0 N–H and O–H groups in total. The van der Waals surface area contributed by atoms with Gasteiger partial charge in [0.25, 0.3) is 0 Å². The third-order valence-corrected chi connectivity index (χ3v) is 3.28. The number of carbonyl (C=O) groups is 1. The first kappa shape index (κ1) is 11.8. The third-order valence-electron chi connectivity index (χ3n) is 3.28. The van der Waals surface area contributed by atoms with Crippen LogP contribution >= 0.6 is 0 Å². The van der Waals surface area contributed by atoms with Crippen LogP contribution in [0.25, 0.3) is 11.4 Å². The number of hydrogen-bond acceptors (Lipinski definition) is 5. The van der Waals surface area contributed by atoms with E-state index >= 15 is 0 Å². The van der Waals surface area contributed by atoms with Gasteiger partial charge in [-0.2, -0.15) is 5.10 Å². The average molecular weight is 258 g/mol. The number of aromatic nitrogens is 4. The van der Waals surface area contributed by atoms with E-state index < -0.39 is 0 Å². The van der Waals surface area contributed by atoms with Crippen LogP contribution in [0.4, 0.5) is 0 Å². The van der Waals surface area contributed by atoms with Crippen LogP contribution in [0.5, 0.6) is 0 Å². The molecular formula is C13H14N4O2. The first-order valence-corrected chi connectivity index (χ1v) is 6.22. The Hall–Kier alpha value is -2.24. The largest absolute Gasteiger partial charge is 0.468 e. The van der Waals surface area contributed by atoms with Crippen molar-refractivity contribution in [3.8, 4) is 11.4 Å². The van der Waals surface area contributed by atoms with E-state index in [1.807, 2.05) is 12.1 Å². The highest BCUT2D eigenvalue weighted by atomic mass is 16.5. The van der Waals surface area contributed by atoms with E-state index in [0.29, 0.717) is 11.6 Å². The molecule has 0 fully saturated rings. The minimum Gasteiger partial charge on any atom is -0.468 e. The molecule has 98 valence electrons. The number of esters is 1. The van der Waals surface area contributed by atoms with Gasteiger partial charge in [0, 0.05) is 24.5 Å². The molecule has 0 spiro atoms. The maximum atomic E-state index is 11.8. The van der Waals surface area contributed by atoms with Gasteiger partial charge in [0.1, 0.15) is 11.7 Å². The Labute approximate surface area is 110 Å². The summed E-state index contributed by atoms with van der Waals surface area (Å²) in [5, 5.41) is 4.45. The fraction of sp³-hybridized carbons (Fsp3) is 0.385. The Bertz CT molecular complexity index is 594. The normalized spacial score (nSPS) is 17.8. The molecule has 0 radical (unpaired) electrons. The summed E-state index contributed by atoms with van der Waals surface area (Å²) >= 11 is 0. The molecule has 0 saturated carbocycles. The highest BCUT2D eigenvalue weighted by molar-refractivity contribution is 5.77. The number of hydrogen-bond donors (Lipinski definition) is 0. The number of methoxy groups -OCH3 is 1. The second kappa shape index (κ2) is 4.79. The Morgan fingerprint density at radius 1 is 1.53 bits per heavy atom. The molecule has 1 unspecified atom stereocenters. The zero-order chi connectivity index (χ0) is 13.2. The van der Waals surface area contributed by atoms with E-state index in [1.54, 1.807) is 17.1 Å². The Kier molecular flexibility index (Phi) is 2.98. The lowest BCUT2D eigenvalue weighted by Gasteiger charge is -2.19. The molecule has 0 amide bonds. The highest BCUT2D eigenvalue weighted by Crippen LogP contribution is 2.28. The maximum Gasteiger partial charge on any atom is 0.316 e. The molecule has 1 aliphatic heterocycles. The number of ether oxygens (including phenoxy) is 1. The van der Waals surface area contributed by atoms with Gasteiger partial charge in [-0.3, -0.25) is 9.78 Å². The van der Waals surface area contributed by atoms with Crippen LogP contribution in [0.15, 0.2) is 24.5 Å². The van der Waals surface area contributed by atoms with Gasteiger partial charge in [-0.25, -0.2) is 9.67 Å². The van der Waals surface area contributed by atoms with Crippen LogP contribution in [-0.4, -0.2) is 32.8 Å². The van der Waals surface area contributed by atoms with Gasteiger partial charge in [0.2, 0.25) is 0 Å². The number of rotatable bonds is 2. The molecule has 2 aromatic rings. The predicted octanol–water partition coefficient (Wildman–Crippen LogP) is 1.39. The summed E-state index contributed by atoms with van der Waals surface area (Å²) in [4.78, 5) is 20.3. The summed E-state index contributed by atoms with van der Waals surface area (Å²) < 4.78 is 6.63. The zero-order valence-electron chi connectivity index (χ0n) is 10.6. The number of fused-ring (bicyclic) bond motifs is 1. The second-order valence-electron chi connectivity index (χ2n) is 4.48. The minimum atomic E-state index is -0.309. The Morgan fingerprint density at radius 3 is 3.16 bits per heavy atom. The number of aryl methyl sites for hydroxylation is 1. The molecule has 1 aliphatic rings. The highest BCUT2D eigenvalue weighted by Gasteiger charge is 2.31. The van der Waals surface area contributed by atoms with Crippen molar-refractivity contribution in [2.45, 2.75) is 25.3 Å². The van der Waals surface area contributed by atoms with E-state index in [0.717, 1.165) is 24.9 Å². The van der Waals surface area contributed by atoms with E-state index in [9.17, 15) is 4.79 Å². The fourth-order valence-corrected chi connectivity index (χ4v) is 2.33. The Morgan fingerprint density at radius 2 is 2.42 bits per heavy atom. The predicted molar refractivity (Wildman–Crippen MR) is 67.2 cm³/mol. The van der Waals surface area contributed by atoms with Crippen LogP contribution in [-0.2, 0) is 16.1 Å². The first-order valence-electron chi connectivity index (χ1n) is 6.22. The molecule has 2 aromatic heterocycles. The van der Waals surface area contributed by atoms with Gasteiger partial charge in [-0.1, -0.05) is 0 Å². The smallest absolute Gasteiger partial charge is 0.316 e. The van der Waals surface area contributed by atoms with Crippen molar-refractivity contribution < 1.29 is 9.53 Å². The van der Waals surface area contributed by atoms with Gasteiger partial charge in [0.05, 0.1) is 7.11 Å². The number of carbonyl (C=O) groups excluding carboxylic acids is 1. The molecular weight excluding hydrogens is 244 g/mol. The summed E-state index contributed by atoms with van der Waals surface area (Å²) in [5.41, 5.74) is 0.855. The van der Waals surface area contributed by atoms with Crippen LogP contribution in [0.1, 0.15) is 24.6 Å². The van der Waals surface area contributed by atoms with Crippen molar-refractivity contribution >= 4 is 5.97 Å². The SMILES string of the molecule is COC(=O)C1CCCn2nc(-c3cccnc3)nc21. The van der Waals surface area contributed by atoms with E-state index in [4.69, 9.17) is 4.74 Å². The summed E-state index contributed by atoms with van der Waals surface area (Å²) in [6.45, 7) is 0.788. The van der Waals surface area contributed by atoms with Gasteiger partial charge in [-0.05, 0) is 25.0 Å². The van der Waals surface area contributed by atoms with E-state index in [-0.39, 0.29) is 11.9 Å². The maximum absolute atomic E-state index is 11.8. The van der Waals surface area contributed by atoms with Crippen molar-refractivity contribution in [3.63, 3.8) is 0 Å². The standard InChI is InChI=1S/C13H14N4O2/c1-19-13(18)10-5-3-7-17-12(10)15-11(16-17)9-4-2-6-14-8-9/h2,4,6,8,10H,3,5,7H2,1H3. The van der Waals surface area contributed by atoms with Crippen LogP contribution in [0.2, 0.25) is 0 Å². The molecule has 6 nitrogen and oxygen atoms in total. The lowest BCUT2D eigenvalue weighted by atomic mass is 9.99. The van der Waals surface area contributed by atoms with Crippen LogP contribution < -0.4 is 0 Å². The van der Waals surface area contributed by atoms with Gasteiger partial charge < -0.3 is 4.74 Å². The van der Waals surface area contributed by atoms with Gasteiger partial charge >= 0.3 is 5.97 Å². The van der Waals surface area contributed by atoms with Gasteiger partial charge in [0.15, 0.2) is 5.82 Å². The second-order valence-corrected chi connectivity index (χ2v) is 4.48. The molecule has 3 heterocycles. The molecule has 0 saturated heterocycles. The van der Waals surface area contributed by atoms with Gasteiger partial charge in [-0.15, -0.1) is 0 Å². The van der Waals surface area contributed by atoms with E-state index in [2.05, 4.69) is 15.1 Å². The third kappa shape index (κ3) is 2.09. The lowest BCUT2D eigenvalue weighted by molar-refractivity contribution is -0.143. The lowest BCUT2D eigenvalue weighted by Crippen LogP contribution is -2.24. The molecule has 0 bridgehead atoms. The summed E-state index contributed by atoms with van der Waals surface area (Å²) in [6, 6.07) is 3.74. The summed E-state index contributed by atoms with van der Waals surface area (Å²) in [5.74, 6) is 0.749. The molecule has 19 heavy (non-hydrogen) atoms. The quantitative estimate of drug-likeness (QED) is 0.761. The summed E-state index contributed by atoms with van der Waals surface area (Å²) in [6.07, 6.45) is 5.09. The topological polar surface area (TPSA) is 69.9 Å². The number of nitrogens with zero attached hydrogens (tertiary/aromatic N) is 4. The molecule has 6 heteroatoms.